The van der Waals surface area contributed by atoms with Gasteiger partial charge in [0.05, 0.1) is 5.69 Å². The maximum atomic E-state index is 12.2. The van der Waals surface area contributed by atoms with E-state index in [0.717, 1.165) is 5.56 Å². The molecule has 0 aliphatic rings. The van der Waals surface area contributed by atoms with E-state index in [0.29, 0.717) is 23.6 Å². The molecule has 0 atom stereocenters. The number of carbonyl (C=O) groups is 1. The van der Waals surface area contributed by atoms with E-state index >= 15 is 0 Å². The number of amides is 1. The number of nitrogen functional groups attached to an aromatic ring is 1. The molecular weight excluding hydrogens is 276 g/mol. The topological polar surface area (TPSA) is 64.4 Å². The standard InChI is InChI=1S/C18H22N2O2/c1-18(2,3)20-17(21)14-9-10-15(19)16(11-14)22-12-13-7-5-4-6-8-13/h4-11H,12,19H2,1-3H3,(H,20,21). The van der Waals surface area contributed by atoms with Crippen LogP contribution in [0, 0.1) is 0 Å². The first-order chi connectivity index (χ1) is 10.3. The average Bonchev–Trinajstić information content (AvgIpc) is 2.45. The van der Waals surface area contributed by atoms with Crippen LogP contribution in [0.4, 0.5) is 5.69 Å². The zero-order chi connectivity index (χ0) is 16.2. The van der Waals surface area contributed by atoms with Crippen LogP contribution in [0.2, 0.25) is 0 Å². The molecule has 4 nitrogen and oxygen atoms in total. The second-order valence-corrected chi connectivity index (χ2v) is 6.23. The number of hydrogen-bond acceptors (Lipinski definition) is 3. The summed E-state index contributed by atoms with van der Waals surface area (Å²) in [7, 11) is 0. The van der Waals surface area contributed by atoms with Gasteiger partial charge in [-0.05, 0) is 44.5 Å². The number of rotatable bonds is 4. The van der Waals surface area contributed by atoms with Crippen molar-refractivity contribution in [2.45, 2.75) is 32.9 Å². The summed E-state index contributed by atoms with van der Waals surface area (Å²) in [5.41, 5.74) is 7.74. The number of benzene rings is 2. The molecule has 2 aromatic carbocycles. The van der Waals surface area contributed by atoms with E-state index in [-0.39, 0.29) is 11.4 Å². The predicted octanol–water partition coefficient (Wildman–Crippen LogP) is 3.38. The Balaban J connectivity index is 2.11. The summed E-state index contributed by atoms with van der Waals surface area (Å²) in [6.07, 6.45) is 0. The van der Waals surface area contributed by atoms with Crippen LogP contribution in [0.1, 0.15) is 36.7 Å². The lowest BCUT2D eigenvalue weighted by Gasteiger charge is -2.21. The molecule has 0 unspecified atom stereocenters. The number of nitrogens with one attached hydrogen (secondary N) is 1. The molecule has 2 aromatic rings. The zero-order valence-electron chi connectivity index (χ0n) is 13.2. The molecule has 1 amide bonds. The first-order valence-corrected chi connectivity index (χ1v) is 7.24. The van der Waals surface area contributed by atoms with E-state index in [1.807, 2.05) is 51.1 Å². The average molecular weight is 298 g/mol. The molecule has 2 rings (SSSR count). The minimum absolute atomic E-state index is 0.142. The van der Waals surface area contributed by atoms with Crippen molar-refractivity contribution >= 4 is 11.6 Å². The van der Waals surface area contributed by atoms with Crippen molar-refractivity contribution in [1.29, 1.82) is 0 Å². The highest BCUT2D eigenvalue weighted by Crippen LogP contribution is 2.24. The maximum Gasteiger partial charge on any atom is 0.251 e. The van der Waals surface area contributed by atoms with Crippen LogP contribution in [-0.2, 0) is 6.61 Å². The van der Waals surface area contributed by atoms with E-state index in [4.69, 9.17) is 10.5 Å². The monoisotopic (exact) mass is 298 g/mol. The van der Waals surface area contributed by atoms with Gasteiger partial charge in [0.25, 0.3) is 5.91 Å². The van der Waals surface area contributed by atoms with E-state index in [2.05, 4.69) is 5.32 Å². The van der Waals surface area contributed by atoms with Gasteiger partial charge in [0.15, 0.2) is 0 Å². The van der Waals surface area contributed by atoms with Gasteiger partial charge >= 0.3 is 0 Å². The third-order valence-corrected chi connectivity index (χ3v) is 3.00. The lowest BCUT2D eigenvalue weighted by Crippen LogP contribution is -2.40. The van der Waals surface area contributed by atoms with Gasteiger partial charge in [-0.15, -0.1) is 0 Å². The molecule has 0 aromatic heterocycles. The van der Waals surface area contributed by atoms with E-state index < -0.39 is 0 Å². The quantitative estimate of drug-likeness (QED) is 0.851. The number of nitrogens with two attached hydrogens (primary N) is 1. The van der Waals surface area contributed by atoms with E-state index in [9.17, 15) is 4.79 Å². The molecule has 116 valence electrons. The van der Waals surface area contributed by atoms with Gasteiger partial charge in [-0.3, -0.25) is 4.79 Å². The van der Waals surface area contributed by atoms with Crippen LogP contribution in [0.5, 0.6) is 5.75 Å². The Morgan fingerprint density at radius 1 is 1.14 bits per heavy atom. The summed E-state index contributed by atoms with van der Waals surface area (Å²) in [6, 6.07) is 14.9. The van der Waals surface area contributed by atoms with Crippen LogP contribution < -0.4 is 15.8 Å². The Bertz CT molecular complexity index is 646. The zero-order valence-corrected chi connectivity index (χ0v) is 13.2. The summed E-state index contributed by atoms with van der Waals surface area (Å²) in [5.74, 6) is 0.377. The number of carbonyl (C=O) groups excluding carboxylic acids is 1. The second kappa shape index (κ2) is 6.52. The van der Waals surface area contributed by atoms with Gasteiger partial charge in [0.2, 0.25) is 0 Å². The van der Waals surface area contributed by atoms with Gasteiger partial charge in [0, 0.05) is 11.1 Å². The second-order valence-electron chi connectivity index (χ2n) is 6.23. The Morgan fingerprint density at radius 3 is 2.45 bits per heavy atom. The van der Waals surface area contributed by atoms with Crippen molar-refractivity contribution in [2.24, 2.45) is 0 Å². The molecule has 22 heavy (non-hydrogen) atoms. The predicted molar refractivity (Wildman–Crippen MR) is 88.8 cm³/mol. The Hall–Kier alpha value is -2.49. The minimum atomic E-state index is -0.288. The van der Waals surface area contributed by atoms with Crippen molar-refractivity contribution < 1.29 is 9.53 Å². The summed E-state index contributed by atoms with van der Waals surface area (Å²) in [4.78, 5) is 12.2. The lowest BCUT2D eigenvalue weighted by molar-refractivity contribution is 0.0919. The number of ether oxygens (including phenoxy) is 1. The first kappa shape index (κ1) is 15.9. The van der Waals surface area contributed by atoms with Gasteiger partial charge in [-0.2, -0.15) is 0 Å². The molecule has 0 radical (unpaired) electrons. The van der Waals surface area contributed by atoms with Crippen LogP contribution in [0.15, 0.2) is 48.5 Å². The first-order valence-electron chi connectivity index (χ1n) is 7.24. The molecule has 0 fully saturated rings. The fourth-order valence-electron chi connectivity index (χ4n) is 1.95. The van der Waals surface area contributed by atoms with Crippen molar-refractivity contribution in [3.05, 3.63) is 59.7 Å². The highest BCUT2D eigenvalue weighted by atomic mass is 16.5. The molecular formula is C18H22N2O2. The van der Waals surface area contributed by atoms with Gasteiger partial charge in [-0.25, -0.2) is 0 Å². The van der Waals surface area contributed by atoms with Crippen LogP contribution in [0.25, 0.3) is 0 Å². The summed E-state index contributed by atoms with van der Waals surface area (Å²) < 4.78 is 5.74. The van der Waals surface area contributed by atoms with E-state index in [1.165, 1.54) is 0 Å². The van der Waals surface area contributed by atoms with Crippen molar-refractivity contribution in [1.82, 2.24) is 5.32 Å². The van der Waals surface area contributed by atoms with Crippen LogP contribution in [-0.4, -0.2) is 11.4 Å². The highest BCUT2D eigenvalue weighted by molar-refractivity contribution is 5.95. The van der Waals surface area contributed by atoms with Crippen molar-refractivity contribution in [3.63, 3.8) is 0 Å². The van der Waals surface area contributed by atoms with Gasteiger partial charge in [-0.1, -0.05) is 30.3 Å². The fraction of sp³-hybridized carbons (Fsp3) is 0.278. The van der Waals surface area contributed by atoms with Crippen LogP contribution in [0.3, 0.4) is 0 Å². The summed E-state index contributed by atoms with van der Waals surface area (Å²) in [6.45, 7) is 6.23. The molecule has 3 N–H and O–H groups in total. The molecule has 0 bridgehead atoms. The molecule has 4 heteroatoms. The summed E-state index contributed by atoms with van der Waals surface area (Å²) >= 11 is 0. The number of anilines is 1. The SMILES string of the molecule is CC(C)(C)NC(=O)c1ccc(N)c(OCc2ccccc2)c1. The number of hydrogen-bond donors (Lipinski definition) is 2. The van der Waals surface area contributed by atoms with Crippen LogP contribution >= 0.6 is 0 Å². The Morgan fingerprint density at radius 2 is 1.82 bits per heavy atom. The maximum absolute atomic E-state index is 12.2. The molecule has 0 saturated heterocycles. The fourth-order valence-corrected chi connectivity index (χ4v) is 1.95. The van der Waals surface area contributed by atoms with E-state index in [1.54, 1.807) is 18.2 Å². The van der Waals surface area contributed by atoms with Gasteiger partial charge < -0.3 is 15.8 Å². The van der Waals surface area contributed by atoms with Crippen molar-refractivity contribution in [3.8, 4) is 5.75 Å². The molecule has 0 aliphatic carbocycles. The Labute approximate surface area is 131 Å². The Kier molecular flexibility index (Phi) is 4.71. The largest absolute Gasteiger partial charge is 0.487 e. The minimum Gasteiger partial charge on any atom is -0.487 e. The third-order valence-electron chi connectivity index (χ3n) is 3.00. The highest BCUT2D eigenvalue weighted by Gasteiger charge is 2.16. The molecule has 0 aliphatic heterocycles. The smallest absolute Gasteiger partial charge is 0.251 e. The van der Waals surface area contributed by atoms with Gasteiger partial charge in [0.1, 0.15) is 12.4 Å². The normalized spacial score (nSPS) is 11.0. The third kappa shape index (κ3) is 4.52. The molecule has 0 spiro atoms. The molecule has 0 heterocycles. The van der Waals surface area contributed by atoms with Crippen molar-refractivity contribution in [2.75, 3.05) is 5.73 Å². The summed E-state index contributed by atoms with van der Waals surface area (Å²) in [5, 5.41) is 2.92. The lowest BCUT2D eigenvalue weighted by atomic mass is 10.1. The molecule has 0 saturated carbocycles.